The third kappa shape index (κ3) is 2.68. The topological polar surface area (TPSA) is 72.9 Å². The van der Waals surface area contributed by atoms with Crippen molar-refractivity contribution in [1.82, 2.24) is 15.1 Å². The number of hydrogen-bond acceptors (Lipinski definition) is 3. The number of aromatic nitrogens is 2. The van der Waals surface area contributed by atoms with E-state index in [1.807, 2.05) is 38.1 Å². The molecular formula is C13H18N4O. The van der Waals surface area contributed by atoms with E-state index in [-0.39, 0.29) is 11.9 Å². The highest BCUT2D eigenvalue weighted by Gasteiger charge is 2.17. The van der Waals surface area contributed by atoms with Crippen LogP contribution in [0.5, 0.6) is 0 Å². The average Bonchev–Trinajstić information content (AvgIpc) is 2.71. The number of hydrogen-bond donors (Lipinski definition) is 2. The molecule has 1 aromatic carbocycles. The Morgan fingerprint density at radius 2 is 2.17 bits per heavy atom. The summed E-state index contributed by atoms with van der Waals surface area (Å²) in [6.07, 6.45) is 1.79. The Labute approximate surface area is 106 Å². The van der Waals surface area contributed by atoms with Crippen LogP contribution in [0.3, 0.4) is 0 Å². The van der Waals surface area contributed by atoms with E-state index in [1.165, 1.54) is 0 Å². The second-order valence-corrected chi connectivity index (χ2v) is 4.66. The van der Waals surface area contributed by atoms with E-state index in [0.717, 1.165) is 10.9 Å². The number of rotatable bonds is 5. The van der Waals surface area contributed by atoms with Crippen LogP contribution < -0.4 is 11.1 Å². The molecule has 0 bridgehead atoms. The Bertz CT molecular complexity index is 547. The molecule has 96 valence electrons. The summed E-state index contributed by atoms with van der Waals surface area (Å²) in [6.45, 7) is 4.41. The molecular weight excluding hydrogens is 228 g/mol. The van der Waals surface area contributed by atoms with Gasteiger partial charge in [0.25, 0.3) is 0 Å². The first kappa shape index (κ1) is 12.6. The first-order valence-electron chi connectivity index (χ1n) is 6.04. The number of amides is 1. The van der Waals surface area contributed by atoms with Gasteiger partial charge >= 0.3 is 0 Å². The minimum Gasteiger partial charge on any atom is -0.368 e. The van der Waals surface area contributed by atoms with Crippen molar-refractivity contribution >= 4 is 16.8 Å². The molecule has 1 amide bonds. The number of carbonyl (C=O) groups excluding carboxylic acids is 1. The Morgan fingerprint density at radius 1 is 1.44 bits per heavy atom. The normalized spacial score (nSPS) is 13.1. The second-order valence-electron chi connectivity index (χ2n) is 4.66. The number of fused-ring (bicyclic) bond motifs is 1. The lowest BCUT2D eigenvalue weighted by Gasteiger charge is -2.18. The fourth-order valence-electron chi connectivity index (χ4n) is 1.97. The van der Waals surface area contributed by atoms with Crippen molar-refractivity contribution in [2.45, 2.75) is 32.5 Å². The van der Waals surface area contributed by atoms with Gasteiger partial charge in [-0.15, -0.1) is 0 Å². The number of para-hydroxylation sites is 1. The monoisotopic (exact) mass is 246 g/mol. The summed E-state index contributed by atoms with van der Waals surface area (Å²) < 4.78 is 1.81. The van der Waals surface area contributed by atoms with Crippen LogP contribution >= 0.6 is 0 Å². The molecule has 2 rings (SSSR count). The van der Waals surface area contributed by atoms with E-state index in [2.05, 4.69) is 10.4 Å². The molecule has 3 N–H and O–H groups in total. The van der Waals surface area contributed by atoms with Crippen LogP contribution in [0.4, 0.5) is 0 Å². The second kappa shape index (κ2) is 5.18. The molecule has 0 aliphatic rings. The lowest BCUT2D eigenvalue weighted by Crippen LogP contribution is -2.47. The Hall–Kier alpha value is -1.88. The number of carbonyl (C=O) groups is 1. The third-order valence-corrected chi connectivity index (χ3v) is 2.78. The van der Waals surface area contributed by atoms with Crippen LogP contribution in [0, 0.1) is 0 Å². The molecule has 0 aliphatic heterocycles. The predicted octanol–water partition coefficient (Wildman–Crippen LogP) is 0.888. The molecule has 2 aromatic rings. The smallest absolute Gasteiger partial charge is 0.236 e. The molecule has 1 aromatic heterocycles. The first-order valence-corrected chi connectivity index (χ1v) is 6.04. The van der Waals surface area contributed by atoms with E-state index in [9.17, 15) is 4.79 Å². The summed E-state index contributed by atoms with van der Waals surface area (Å²) in [5, 5.41) is 8.50. The highest BCUT2D eigenvalue weighted by molar-refractivity contribution is 5.81. The van der Waals surface area contributed by atoms with Crippen LogP contribution in [-0.4, -0.2) is 27.8 Å². The van der Waals surface area contributed by atoms with Crippen molar-refractivity contribution in [1.29, 1.82) is 0 Å². The van der Waals surface area contributed by atoms with E-state index in [4.69, 9.17) is 5.73 Å². The van der Waals surface area contributed by atoms with Gasteiger partial charge in [0.05, 0.1) is 18.3 Å². The van der Waals surface area contributed by atoms with Gasteiger partial charge in [0.2, 0.25) is 5.91 Å². The van der Waals surface area contributed by atoms with Crippen molar-refractivity contribution in [3.8, 4) is 0 Å². The summed E-state index contributed by atoms with van der Waals surface area (Å²) in [5.41, 5.74) is 6.41. The fourth-order valence-corrected chi connectivity index (χ4v) is 1.97. The Morgan fingerprint density at radius 3 is 2.83 bits per heavy atom. The predicted molar refractivity (Wildman–Crippen MR) is 71.0 cm³/mol. The quantitative estimate of drug-likeness (QED) is 0.823. The van der Waals surface area contributed by atoms with Crippen LogP contribution in [0.1, 0.15) is 13.8 Å². The summed E-state index contributed by atoms with van der Waals surface area (Å²) in [4.78, 5) is 11.4. The van der Waals surface area contributed by atoms with E-state index >= 15 is 0 Å². The SMILES string of the molecule is CC(C)NC(Cn1ncc2ccccc21)C(N)=O. The third-order valence-electron chi connectivity index (χ3n) is 2.78. The highest BCUT2D eigenvalue weighted by atomic mass is 16.1. The van der Waals surface area contributed by atoms with Gasteiger partial charge in [0.1, 0.15) is 6.04 Å². The van der Waals surface area contributed by atoms with Crippen LogP contribution in [0.25, 0.3) is 10.9 Å². The zero-order valence-corrected chi connectivity index (χ0v) is 10.6. The maximum absolute atomic E-state index is 11.4. The zero-order valence-electron chi connectivity index (χ0n) is 10.6. The van der Waals surface area contributed by atoms with Gasteiger partial charge in [-0.2, -0.15) is 5.10 Å². The lowest BCUT2D eigenvalue weighted by molar-refractivity contribution is -0.120. The van der Waals surface area contributed by atoms with Crippen molar-refractivity contribution in [2.75, 3.05) is 0 Å². The van der Waals surface area contributed by atoms with Crippen molar-refractivity contribution in [2.24, 2.45) is 5.73 Å². The van der Waals surface area contributed by atoms with Crippen LogP contribution in [0.15, 0.2) is 30.5 Å². The van der Waals surface area contributed by atoms with Gasteiger partial charge < -0.3 is 11.1 Å². The molecule has 0 aliphatic carbocycles. The molecule has 0 radical (unpaired) electrons. The first-order chi connectivity index (χ1) is 8.58. The lowest BCUT2D eigenvalue weighted by atomic mass is 10.2. The van der Waals surface area contributed by atoms with Gasteiger partial charge in [0, 0.05) is 11.4 Å². The summed E-state index contributed by atoms with van der Waals surface area (Å²) in [7, 11) is 0. The molecule has 1 unspecified atom stereocenters. The summed E-state index contributed by atoms with van der Waals surface area (Å²) in [5.74, 6) is -0.358. The Balaban J connectivity index is 2.23. The maximum atomic E-state index is 11.4. The highest BCUT2D eigenvalue weighted by Crippen LogP contribution is 2.12. The van der Waals surface area contributed by atoms with E-state index in [1.54, 1.807) is 10.9 Å². The summed E-state index contributed by atoms with van der Waals surface area (Å²) >= 11 is 0. The number of primary amides is 1. The molecule has 5 heteroatoms. The molecule has 0 saturated carbocycles. The molecule has 1 heterocycles. The average molecular weight is 246 g/mol. The van der Waals surface area contributed by atoms with E-state index < -0.39 is 6.04 Å². The minimum atomic E-state index is -0.409. The minimum absolute atomic E-state index is 0.198. The van der Waals surface area contributed by atoms with Crippen LogP contribution in [0.2, 0.25) is 0 Å². The molecule has 18 heavy (non-hydrogen) atoms. The molecule has 1 atom stereocenters. The van der Waals surface area contributed by atoms with Crippen molar-refractivity contribution < 1.29 is 4.79 Å². The van der Waals surface area contributed by atoms with Gasteiger partial charge in [-0.3, -0.25) is 9.48 Å². The maximum Gasteiger partial charge on any atom is 0.236 e. The van der Waals surface area contributed by atoms with E-state index in [0.29, 0.717) is 6.54 Å². The molecule has 0 spiro atoms. The Kier molecular flexibility index (Phi) is 3.62. The van der Waals surface area contributed by atoms with Crippen molar-refractivity contribution in [3.05, 3.63) is 30.5 Å². The van der Waals surface area contributed by atoms with Crippen LogP contribution in [-0.2, 0) is 11.3 Å². The van der Waals surface area contributed by atoms with Gasteiger partial charge in [-0.25, -0.2) is 0 Å². The molecule has 0 fully saturated rings. The van der Waals surface area contributed by atoms with Gasteiger partial charge in [-0.1, -0.05) is 32.0 Å². The fraction of sp³-hybridized carbons (Fsp3) is 0.385. The number of benzene rings is 1. The molecule has 5 nitrogen and oxygen atoms in total. The number of nitrogens with two attached hydrogens (primary N) is 1. The standard InChI is InChI=1S/C13H18N4O/c1-9(2)16-11(13(14)18)8-17-12-6-4-3-5-10(12)7-15-17/h3-7,9,11,16H,8H2,1-2H3,(H2,14,18). The largest absolute Gasteiger partial charge is 0.368 e. The van der Waals surface area contributed by atoms with Crippen molar-refractivity contribution in [3.63, 3.8) is 0 Å². The van der Waals surface area contributed by atoms with Gasteiger partial charge in [-0.05, 0) is 6.07 Å². The molecule has 0 saturated heterocycles. The summed E-state index contributed by atoms with van der Waals surface area (Å²) in [6, 6.07) is 7.68. The number of nitrogens with zero attached hydrogens (tertiary/aromatic N) is 2. The zero-order chi connectivity index (χ0) is 13.1. The number of nitrogens with one attached hydrogen (secondary N) is 1. The van der Waals surface area contributed by atoms with Gasteiger partial charge in [0.15, 0.2) is 0 Å².